The Bertz CT molecular complexity index is 781. The summed E-state index contributed by atoms with van der Waals surface area (Å²) in [5.74, 6) is 1.83. The van der Waals surface area contributed by atoms with Crippen LogP contribution in [-0.2, 0) is 12.0 Å². The molecule has 0 heterocycles. The van der Waals surface area contributed by atoms with Gasteiger partial charge in [-0.1, -0.05) is 88.9 Å². The van der Waals surface area contributed by atoms with Gasteiger partial charge in [0.05, 0.1) is 0 Å². The fourth-order valence-corrected chi connectivity index (χ4v) is 4.82. The molecule has 0 unspecified atom stereocenters. The Morgan fingerprint density at radius 3 is 2.55 bits per heavy atom. The van der Waals surface area contributed by atoms with Gasteiger partial charge in [0.15, 0.2) is 0 Å². The predicted octanol–water partition coefficient (Wildman–Crippen LogP) is 7.59. The SMILES string of the molecule is CCCCCCC(C)(C)c1ccc([C@H]2C[CH]C[C@@H](CO)C2)c(OCc2ccccc2)c1. The molecule has 0 spiro atoms. The third-order valence-electron chi connectivity index (χ3n) is 6.95. The first-order valence-electron chi connectivity index (χ1n) is 12.3. The first-order valence-corrected chi connectivity index (χ1v) is 12.3. The molecule has 3 rings (SSSR count). The fourth-order valence-electron chi connectivity index (χ4n) is 4.82. The van der Waals surface area contributed by atoms with Gasteiger partial charge in [0.1, 0.15) is 12.4 Å². The minimum absolute atomic E-state index is 0.142. The molecular formula is C29H41O2. The normalized spacial score (nSPS) is 19.4. The topological polar surface area (TPSA) is 29.5 Å². The molecule has 2 heteroatoms. The van der Waals surface area contributed by atoms with E-state index in [1.165, 1.54) is 48.8 Å². The first-order chi connectivity index (χ1) is 15.0. The molecule has 1 saturated carbocycles. The smallest absolute Gasteiger partial charge is 0.123 e. The second-order valence-electron chi connectivity index (χ2n) is 9.96. The zero-order chi connectivity index (χ0) is 22.1. The number of aliphatic hydroxyl groups excluding tert-OH is 1. The molecule has 31 heavy (non-hydrogen) atoms. The second-order valence-corrected chi connectivity index (χ2v) is 9.96. The van der Waals surface area contributed by atoms with Crippen LogP contribution in [0.1, 0.15) is 94.7 Å². The van der Waals surface area contributed by atoms with Crippen molar-refractivity contribution >= 4 is 0 Å². The Kier molecular flexibility index (Phi) is 9.02. The van der Waals surface area contributed by atoms with Crippen molar-refractivity contribution < 1.29 is 9.84 Å². The van der Waals surface area contributed by atoms with Crippen LogP contribution in [0, 0.1) is 12.3 Å². The molecule has 0 amide bonds. The van der Waals surface area contributed by atoms with Gasteiger partial charge in [-0.3, -0.25) is 0 Å². The molecule has 1 fully saturated rings. The highest BCUT2D eigenvalue weighted by molar-refractivity contribution is 5.43. The van der Waals surface area contributed by atoms with Crippen LogP contribution in [0.25, 0.3) is 0 Å². The minimum atomic E-state index is 0.142. The van der Waals surface area contributed by atoms with E-state index in [0.29, 0.717) is 18.4 Å². The summed E-state index contributed by atoms with van der Waals surface area (Å²) in [7, 11) is 0. The fraction of sp³-hybridized carbons (Fsp3) is 0.552. The summed E-state index contributed by atoms with van der Waals surface area (Å²) in [5.41, 5.74) is 4.01. The molecule has 0 saturated heterocycles. The van der Waals surface area contributed by atoms with Crippen LogP contribution in [0.5, 0.6) is 5.75 Å². The van der Waals surface area contributed by atoms with E-state index in [1.54, 1.807) is 0 Å². The van der Waals surface area contributed by atoms with Crippen LogP contribution < -0.4 is 4.74 Å². The summed E-state index contributed by atoms with van der Waals surface area (Å²) < 4.78 is 6.45. The molecule has 2 aromatic carbocycles. The number of ether oxygens (including phenoxy) is 1. The molecule has 2 nitrogen and oxygen atoms in total. The van der Waals surface area contributed by atoms with Gasteiger partial charge in [0.25, 0.3) is 0 Å². The molecule has 0 bridgehead atoms. The van der Waals surface area contributed by atoms with E-state index in [9.17, 15) is 5.11 Å². The average molecular weight is 422 g/mol. The summed E-state index contributed by atoms with van der Waals surface area (Å²) in [5, 5.41) is 9.70. The summed E-state index contributed by atoms with van der Waals surface area (Å²) in [4.78, 5) is 0. The van der Waals surface area contributed by atoms with Gasteiger partial charge >= 0.3 is 0 Å². The van der Waals surface area contributed by atoms with Crippen molar-refractivity contribution in [1.82, 2.24) is 0 Å². The van der Waals surface area contributed by atoms with Crippen molar-refractivity contribution in [3.05, 3.63) is 71.6 Å². The molecule has 1 aliphatic carbocycles. The zero-order valence-electron chi connectivity index (χ0n) is 19.8. The van der Waals surface area contributed by atoms with Gasteiger partial charge in [-0.15, -0.1) is 0 Å². The number of hydrogen-bond donors (Lipinski definition) is 1. The van der Waals surface area contributed by atoms with Crippen molar-refractivity contribution in [3.8, 4) is 5.75 Å². The van der Waals surface area contributed by atoms with E-state index in [0.717, 1.165) is 25.0 Å². The molecular weight excluding hydrogens is 380 g/mol. The Labute approximate surface area is 190 Å². The second kappa shape index (κ2) is 11.7. The quantitative estimate of drug-likeness (QED) is 0.379. The largest absolute Gasteiger partial charge is 0.489 e. The molecule has 2 atom stereocenters. The highest BCUT2D eigenvalue weighted by Crippen LogP contribution is 2.42. The van der Waals surface area contributed by atoms with Crippen molar-refractivity contribution in [1.29, 1.82) is 0 Å². The molecule has 1 N–H and O–H groups in total. The zero-order valence-corrected chi connectivity index (χ0v) is 19.8. The number of aliphatic hydroxyl groups is 1. The van der Waals surface area contributed by atoms with Gasteiger partial charge in [-0.25, -0.2) is 0 Å². The maximum Gasteiger partial charge on any atom is 0.123 e. The average Bonchev–Trinajstić information content (AvgIpc) is 2.81. The lowest BCUT2D eigenvalue weighted by Gasteiger charge is -2.31. The Morgan fingerprint density at radius 2 is 1.81 bits per heavy atom. The molecule has 1 aliphatic rings. The predicted molar refractivity (Wildman–Crippen MR) is 130 cm³/mol. The van der Waals surface area contributed by atoms with Gasteiger partial charge in [-0.05, 0) is 72.1 Å². The van der Waals surface area contributed by atoms with Crippen LogP contribution in [0.3, 0.4) is 0 Å². The number of hydrogen-bond acceptors (Lipinski definition) is 2. The van der Waals surface area contributed by atoms with E-state index in [1.807, 2.05) is 6.07 Å². The van der Waals surface area contributed by atoms with Gasteiger partial charge in [0, 0.05) is 6.61 Å². The number of benzene rings is 2. The summed E-state index contributed by atoms with van der Waals surface area (Å²) in [6, 6.07) is 17.4. The Hall–Kier alpha value is -1.80. The first kappa shape index (κ1) is 23.9. The highest BCUT2D eigenvalue weighted by Gasteiger charge is 2.27. The maximum absolute atomic E-state index is 9.70. The molecule has 169 valence electrons. The minimum Gasteiger partial charge on any atom is -0.489 e. The van der Waals surface area contributed by atoms with E-state index < -0.39 is 0 Å². The number of unbranched alkanes of at least 4 members (excludes halogenated alkanes) is 3. The van der Waals surface area contributed by atoms with Crippen molar-refractivity contribution in [2.75, 3.05) is 6.61 Å². The van der Waals surface area contributed by atoms with Crippen LogP contribution in [0.2, 0.25) is 0 Å². The van der Waals surface area contributed by atoms with Crippen LogP contribution >= 0.6 is 0 Å². The summed E-state index contributed by atoms with van der Waals surface area (Å²) >= 11 is 0. The Balaban J connectivity index is 1.82. The summed E-state index contributed by atoms with van der Waals surface area (Å²) in [6.07, 6.45) is 11.9. The van der Waals surface area contributed by atoms with Crippen LogP contribution in [0.15, 0.2) is 48.5 Å². The summed E-state index contributed by atoms with van der Waals surface area (Å²) in [6.45, 7) is 7.87. The van der Waals surface area contributed by atoms with Crippen LogP contribution in [-0.4, -0.2) is 11.7 Å². The molecule has 0 aromatic heterocycles. The van der Waals surface area contributed by atoms with Crippen molar-refractivity contribution in [3.63, 3.8) is 0 Å². The van der Waals surface area contributed by atoms with E-state index in [2.05, 4.69) is 69.7 Å². The standard InChI is InChI=1S/C29H41O2/c1-4-5-6-10-18-29(2,3)26-16-17-27(25-15-11-14-24(19-25)21-30)28(20-26)31-22-23-12-8-7-9-13-23/h7-9,11-13,16-17,20,24-25,30H,4-6,10,14-15,18-19,21-22H2,1-3H3/t24-,25+/m1/s1. The van der Waals surface area contributed by atoms with E-state index in [-0.39, 0.29) is 12.0 Å². The lowest BCUT2D eigenvalue weighted by Crippen LogP contribution is -2.20. The van der Waals surface area contributed by atoms with Crippen molar-refractivity contribution in [2.45, 2.75) is 90.1 Å². The highest BCUT2D eigenvalue weighted by atomic mass is 16.5. The van der Waals surface area contributed by atoms with E-state index >= 15 is 0 Å². The molecule has 1 radical (unpaired) electrons. The molecule has 2 aromatic rings. The maximum atomic E-state index is 9.70. The third kappa shape index (κ3) is 6.84. The van der Waals surface area contributed by atoms with Crippen LogP contribution in [0.4, 0.5) is 0 Å². The lowest BCUT2D eigenvalue weighted by atomic mass is 9.76. The lowest BCUT2D eigenvalue weighted by molar-refractivity contribution is 0.195. The van der Waals surface area contributed by atoms with Gasteiger partial charge in [0.2, 0.25) is 0 Å². The van der Waals surface area contributed by atoms with E-state index in [4.69, 9.17) is 4.74 Å². The Morgan fingerprint density at radius 1 is 1.00 bits per heavy atom. The third-order valence-corrected chi connectivity index (χ3v) is 6.95. The van der Waals surface area contributed by atoms with Crippen molar-refractivity contribution in [2.24, 2.45) is 5.92 Å². The number of rotatable bonds is 11. The monoisotopic (exact) mass is 421 g/mol. The molecule has 0 aliphatic heterocycles. The van der Waals surface area contributed by atoms with Gasteiger partial charge < -0.3 is 9.84 Å². The van der Waals surface area contributed by atoms with Gasteiger partial charge in [-0.2, -0.15) is 0 Å².